The molecule has 3 nitrogen and oxygen atoms in total. The minimum Gasteiger partial charge on any atom is -0.348 e. The number of carbonyl (C=O) groups excluding carboxylic acids is 2. The Morgan fingerprint density at radius 2 is 1.79 bits per heavy atom. The lowest BCUT2D eigenvalue weighted by molar-refractivity contribution is -0.145. The fourth-order valence-electron chi connectivity index (χ4n) is 1.60. The van der Waals surface area contributed by atoms with Gasteiger partial charge in [0.2, 0.25) is 11.7 Å². The van der Waals surface area contributed by atoms with Crippen LogP contribution in [0.15, 0.2) is 0 Å². The SMILES string of the molecule is CCCCCCC(=O)C(F)(F)CC(I)C(=O)N(C)C. The number of halogens is 3. The Morgan fingerprint density at radius 1 is 1.21 bits per heavy atom. The van der Waals surface area contributed by atoms with Gasteiger partial charge in [0.05, 0.1) is 3.92 Å². The molecule has 0 aliphatic rings. The summed E-state index contributed by atoms with van der Waals surface area (Å²) in [4.78, 5) is 24.3. The van der Waals surface area contributed by atoms with E-state index in [4.69, 9.17) is 0 Å². The van der Waals surface area contributed by atoms with Crippen molar-refractivity contribution >= 4 is 34.3 Å². The van der Waals surface area contributed by atoms with Crippen molar-refractivity contribution in [2.45, 2.75) is 55.3 Å². The van der Waals surface area contributed by atoms with Gasteiger partial charge in [0.25, 0.3) is 0 Å². The van der Waals surface area contributed by atoms with Crippen molar-refractivity contribution in [2.75, 3.05) is 14.1 Å². The summed E-state index contributed by atoms with van der Waals surface area (Å²) in [5.41, 5.74) is 0. The van der Waals surface area contributed by atoms with E-state index in [2.05, 4.69) is 0 Å². The summed E-state index contributed by atoms with van der Waals surface area (Å²) in [6.45, 7) is 2.02. The predicted octanol–water partition coefficient (Wildman–Crippen LogP) is 3.44. The molecule has 0 bridgehead atoms. The Balaban J connectivity index is 4.28. The lowest BCUT2D eigenvalue weighted by atomic mass is 10.0. The van der Waals surface area contributed by atoms with E-state index < -0.39 is 22.1 Å². The van der Waals surface area contributed by atoms with E-state index in [1.807, 2.05) is 6.92 Å². The summed E-state index contributed by atoms with van der Waals surface area (Å²) >= 11 is 1.67. The zero-order valence-corrected chi connectivity index (χ0v) is 13.9. The molecule has 0 fully saturated rings. The highest BCUT2D eigenvalue weighted by molar-refractivity contribution is 14.1. The molecule has 112 valence electrons. The van der Waals surface area contributed by atoms with Gasteiger partial charge in [0.1, 0.15) is 0 Å². The molecule has 1 atom stereocenters. The zero-order chi connectivity index (χ0) is 15.1. The number of hydrogen-bond acceptors (Lipinski definition) is 2. The fraction of sp³-hybridized carbons (Fsp3) is 0.846. The van der Waals surface area contributed by atoms with Crippen molar-refractivity contribution < 1.29 is 18.4 Å². The summed E-state index contributed by atoms with van der Waals surface area (Å²) in [6, 6.07) is 0. The van der Waals surface area contributed by atoms with Crippen molar-refractivity contribution in [3.63, 3.8) is 0 Å². The molecule has 1 unspecified atom stereocenters. The molecule has 0 N–H and O–H groups in total. The molecule has 1 amide bonds. The van der Waals surface area contributed by atoms with Crippen LogP contribution in [-0.4, -0.2) is 40.5 Å². The second kappa shape index (κ2) is 8.81. The number of Topliss-reactive ketones (excluding diaryl/α,β-unsaturated/α-hetero) is 1. The van der Waals surface area contributed by atoms with Crippen molar-refractivity contribution in [3.8, 4) is 0 Å². The smallest absolute Gasteiger partial charge is 0.306 e. The highest BCUT2D eigenvalue weighted by atomic mass is 127. The van der Waals surface area contributed by atoms with E-state index in [0.29, 0.717) is 6.42 Å². The molecule has 0 aromatic rings. The van der Waals surface area contributed by atoms with Crippen molar-refractivity contribution in [3.05, 3.63) is 0 Å². The first kappa shape index (κ1) is 18.7. The number of ketones is 1. The lowest BCUT2D eigenvalue weighted by Gasteiger charge is -2.20. The zero-order valence-electron chi connectivity index (χ0n) is 11.7. The second-order valence-corrected chi connectivity index (χ2v) is 6.35. The van der Waals surface area contributed by atoms with Gasteiger partial charge in [0, 0.05) is 26.9 Å². The molecule has 19 heavy (non-hydrogen) atoms. The molecule has 6 heteroatoms. The molecule has 0 aromatic carbocycles. The quantitative estimate of drug-likeness (QED) is 0.344. The van der Waals surface area contributed by atoms with Crippen molar-refractivity contribution in [1.82, 2.24) is 4.90 Å². The largest absolute Gasteiger partial charge is 0.348 e. The van der Waals surface area contributed by atoms with Crippen LogP contribution in [0.2, 0.25) is 0 Å². The molecule has 0 aliphatic carbocycles. The van der Waals surface area contributed by atoms with Gasteiger partial charge >= 0.3 is 5.92 Å². The molecule has 0 saturated carbocycles. The van der Waals surface area contributed by atoms with Gasteiger partial charge in [-0.1, -0.05) is 48.8 Å². The van der Waals surface area contributed by atoms with E-state index >= 15 is 0 Å². The molecule has 0 rings (SSSR count). The van der Waals surface area contributed by atoms with Crippen LogP contribution in [0, 0.1) is 0 Å². The standard InChI is InChI=1S/C13H22F2INO2/c1-4-5-6-7-8-11(18)13(14,15)9-10(16)12(19)17(2)3/h10H,4-9H2,1-3H3. The van der Waals surface area contributed by atoms with Gasteiger partial charge in [-0.05, 0) is 6.42 Å². The third-order valence-electron chi connectivity index (χ3n) is 2.81. The second-order valence-electron chi connectivity index (χ2n) is 4.84. The van der Waals surface area contributed by atoms with Crippen LogP contribution in [-0.2, 0) is 9.59 Å². The van der Waals surface area contributed by atoms with Crippen LogP contribution >= 0.6 is 22.6 Å². The monoisotopic (exact) mass is 389 g/mol. The minimum atomic E-state index is -3.40. The molecule has 0 spiro atoms. The van der Waals surface area contributed by atoms with Gasteiger partial charge in [-0.25, -0.2) is 0 Å². The van der Waals surface area contributed by atoms with Crippen LogP contribution in [0.1, 0.15) is 45.4 Å². The van der Waals surface area contributed by atoms with Crippen LogP contribution < -0.4 is 0 Å². The third kappa shape index (κ3) is 7.17. The predicted molar refractivity (Wildman–Crippen MR) is 79.8 cm³/mol. The van der Waals surface area contributed by atoms with Crippen molar-refractivity contribution in [1.29, 1.82) is 0 Å². The maximum absolute atomic E-state index is 13.7. The third-order valence-corrected chi connectivity index (χ3v) is 3.78. The Labute approximate surface area is 127 Å². The van der Waals surface area contributed by atoms with E-state index in [1.165, 1.54) is 19.0 Å². The molecule has 0 heterocycles. The number of carbonyl (C=O) groups is 2. The Kier molecular flexibility index (Phi) is 8.69. The Bertz CT molecular complexity index is 309. The number of nitrogens with zero attached hydrogens (tertiary/aromatic N) is 1. The summed E-state index contributed by atoms with van der Waals surface area (Å²) in [6.07, 6.45) is 2.42. The first-order valence-corrected chi connectivity index (χ1v) is 7.73. The average molecular weight is 389 g/mol. The van der Waals surface area contributed by atoms with Gasteiger partial charge in [0.15, 0.2) is 0 Å². The number of alkyl halides is 3. The topological polar surface area (TPSA) is 37.4 Å². The molecule has 0 saturated heterocycles. The maximum atomic E-state index is 13.7. The van der Waals surface area contributed by atoms with Crippen LogP contribution in [0.5, 0.6) is 0 Å². The number of unbranched alkanes of at least 4 members (excludes halogenated alkanes) is 3. The van der Waals surface area contributed by atoms with Crippen LogP contribution in [0.3, 0.4) is 0 Å². The van der Waals surface area contributed by atoms with Gasteiger partial charge in [-0.3, -0.25) is 9.59 Å². The minimum absolute atomic E-state index is 0.105. The number of hydrogen-bond donors (Lipinski definition) is 0. The van der Waals surface area contributed by atoms with E-state index in [9.17, 15) is 18.4 Å². The molecular formula is C13H22F2INO2. The first-order chi connectivity index (χ1) is 8.72. The highest BCUT2D eigenvalue weighted by Crippen LogP contribution is 2.28. The molecular weight excluding hydrogens is 367 g/mol. The lowest BCUT2D eigenvalue weighted by Crippen LogP contribution is -2.38. The van der Waals surface area contributed by atoms with E-state index in [1.54, 1.807) is 22.6 Å². The average Bonchev–Trinajstić information content (AvgIpc) is 2.32. The number of rotatable bonds is 9. The molecule has 0 aromatic heterocycles. The highest BCUT2D eigenvalue weighted by Gasteiger charge is 2.41. The normalized spacial score (nSPS) is 13.2. The van der Waals surface area contributed by atoms with E-state index in [-0.39, 0.29) is 12.3 Å². The fourth-order valence-corrected chi connectivity index (χ4v) is 2.71. The maximum Gasteiger partial charge on any atom is 0.306 e. The van der Waals surface area contributed by atoms with Crippen LogP contribution in [0.4, 0.5) is 8.78 Å². The summed E-state index contributed by atoms with van der Waals surface area (Å²) in [5.74, 6) is -4.83. The summed E-state index contributed by atoms with van der Waals surface area (Å²) in [7, 11) is 3.03. The number of amides is 1. The van der Waals surface area contributed by atoms with Gasteiger partial charge in [-0.15, -0.1) is 0 Å². The Hall–Kier alpha value is -0.270. The van der Waals surface area contributed by atoms with Gasteiger partial charge < -0.3 is 4.90 Å². The van der Waals surface area contributed by atoms with Crippen molar-refractivity contribution in [2.24, 2.45) is 0 Å². The molecule has 0 aliphatic heterocycles. The Morgan fingerprint density at radius 3 is 2.26 bits per heavy atom. The first-order valence-electron chi connectivity index (χ1n) is 6.48. The summed E-state index contributed by atoms with van der Waals surface area (Å²) < 4.78 is 26.5. The van der Waals surface area contributed by atoms with Gasteiger partial charge in [-0.2, -0.15) is 8.78 Å². The van der Waals surface area contributed by atoms with Crippen LogP contribution in [0.25, 0.3) is 0 Å². The van der Waals surface area contributed by atoms with E-state index in [0.717, 1.165) is 19.3 Å². The molecule has 0 radical (unpaired) electrons. The summed E-state index contributed by atoms with van der Waals surface area (Å²) in [5, 5.41) is 0.